The molecule has 0 saturated carbocycles. The summed E-state index contributed by atoms with van der Waals surface area (Å²) in [6.07, 6.45) is 0.773. The number of fused-ring (bicyclic) bond motifs is 6. The van der Waals surface area contributed by atoms with Crippen LogP contribution in [0.4, 0.5) is 0 Å². The van der Waals surface area contributed by atoms with E-state index in [1.165, 1.54) is 11.1 Å². The Morgan fingerprint density at radius 1 is 0.456 bits per heavy atom. The van der Waals surface area contributed by atoms with Crippen LogP contribution in [0.1, 0.15) is 124 Å². The van der Waals surface area contributed by atoms with Crippen molar-refractivity contribution in [3.8, 4) is 34.5 Å². The van der Waals surface area contributed by atoms with E-state index in [0.717, 1.165) is 94.1 Å². The van der Waals surface area contributed by atoms with E-state index in [-0.39, 0.29) is 23.7 Å². The summed E-state index contributed by atoms with van der Waals surface area (Å²) in [5.41, 5.74) is 8.91. The molecule has 9 rings (SSSR count). The number of hydrogen-bond acceptors (Lipinski definition) is 7. The number of aryl methyl sites for hydroxylation is 2. The maximum Gasteiger partial charge on any atom is 0.530 e. The lowest BCUT2D eigenvalue weighted by atomic mass is 9.95. The van der Waals surface area contributed by atoms with Crippen molar-refractivity contribution < 1.29 is 27.1 Å². The average Bonchev–Trinajstić information content (AvgIpc) is 3.30. The van der Waals surface area contributed by atoms with E-state index in [4.69, 9.17) is 27.1 Å². The summed E-state index contributed by atoms with van der Waals surface area (Å²) in [6.45, 7) is 21.6. The zero-order chi connectivity index (χ0) is 47.6. The zero-order valence-corrected chi connectivity index (χ0v) is 43.2. The van der Waals surface area contributed by atoms with Gasteiger partial charge in [-0.25, -0.2) is 0 Å². The molecular weight excluding hydrogens is 899 g/mol. The van der Waals surface area contributed by atoms with E-state index >= 15 is 0 Å². The normalized spacial score (nSPS) is 12.8. The molecule has 0 amide bonds. The van der Waals surface area contributed by atoms with E-state index in [2.05, 4.69) is 203 Å². The molecule has 0 atom stereocenters. The number of hydrogen-bond donors (Lipinski definition) is 0. The molecule has 4 bridgehead atoms. The molecule has 8 aromatic carbocycles. The van der Waals surface area contributed by atoms with E-state index in [9.17, 15) is 0 Å². The third-order valence-corrected chi connectivity index (χ3v) is 15.6. The van der Waals surface area contributed by atoms with Crippen LogP contribution >= 0.6 is 29.0 Å². The molecule has 68 heavy (non-hydrogen) atoms. The molecule has 0 fully saturated rings. The van der Waals surface area contributed by atoms with Gasteiger partial charge in [-0.05, 0) is 146 Å². The van der Waals surface area contributed by atoms with Gasteiger partial charge in [0.15, 0.2) is 0 Å². The minimum absolute atomic E-state index is 0.215. The fourth-order valence-corrected chi connectivity index (χ4v) is 12.1. The van der Waals surface area contributed by atoms with Gasteiger partial charge in [0.1, 0.15) is 34.5 Å². The van der Waals surface area contributed by atoms with Crippen molar-refractivity contribution in [2.45, 2.75) is 109 Å². The van der Waals surface area contributed by atoms with Gasteiger partial charge in [0, 0.05) is 0 Å². The predicted octanol–water partition coefficient (Wildman–Crippen LogP) is 18.7. The van der Waals surface area contributed by atoms with Crippen molar-refractivity contribution in [3.63, 3.8) is 0 Å². The molecule has 6 nitrogen and oxygen atoms in total. The van der Waals surface area contributed by atoms with Crippen molar-refractivity contribution in [2.24, 2.45) is 0 Å². The maximum absolute atomic E-state index is 7.18. The highest BCUT2D eigenvalue weighted by atomic mass is 32.2. The third kappa shape index (κ3) is 10.5. The first-order valence-corrected chi connectivity index (χ1v) is 26.6. The second-order valence-corrected chi connectivity index (χ2v) is 22.0. The van der Waals surface area contributed by atoms with Gasteiger partial charge in [-0.2, -0.15) is 0 Å². The maximum atomic E-state index is 7.18. The van der Waals surface area contributed by atoms with Crippen LogP contribution in [0.5, 0.6) is 34.5 Å². The Bertz CT molecular complexity index is 2990. The molecule has 8 aromatic rings. The van der Waals surface area contributed by atoms with Gasteiger partial charge < -0.3 is 27.1 Å². The Hall–Kier alpha value is -5.71. The smallest absolute Gasteiger partial charge is 0.408 e. The minimum atomic E-state index is -2.05. The largest absolute Gasteiger partial charge is 0.530 e. The van der Waals surface area contributed by atoms with Crippen LogP contribution in [0.3, 0.4) is 0 Å². The lowest BCUT2D eigenvalue weighted by molar-refractivity contribution is 0.379. The summed E-state index contributed by atoms with van der Waals surface area (Å²) in [7, 11) is -4.07. The van der Waals surface area contributed by atoms with Gasteiger partial charge in [-0.1, -0.05) is 176 Å². The third-order valence-electron chi connectivity index (χ3n) is 12.3. The fraction of sp³-hybridized carbons (Fsp3) is 0.254. The van der Waals surface area contributed by atoms with Crippen LogP contribution < -0.4 is 27.1 Å². The van der Waals surface area contributed by atoms with Crippen LogP contribution in [0.25, 0.3) is 21.5 Å². The highest BCUT2D eigenvalue weighted by Gasteiger charge is 2.30. The van der Waals surface area contributed by atoms with Gasteiger partial charge in [-0.3, -0.25) is 0 Å². The molecule has 0 N–H and O–H groups in total. The van der Waals surface area contributed by atoms with Crippen LogP contribution in [0.15, 0.2) is 155 Å². The SMILES string of the molecule is Cc1ccc(C(C)C)c(OP(Oc2cc(C)ccc2C(C)C)Oc2ccc3ccccc3c2Sc2c(OP3Oc4cc(ccc4C(C)C)Cc4ccc(C(C)C)c(c4)O3)ccc3ccccc23)c1. The Kier molecular flexibility index (Phi) is 14.3. The molecule has 0 saturated heterocycles. The average molecular weight is 959 g/mol. The summed E-state index contributed by atoms with van der Waals surface area (Å²) in [5.74, 6) is 5.19. The second kappa shape index (κ2) is 20.5. The van der Waals surface area contributed by atoms with Crippen LogP contribution in [-0.2, 0) is 6.42 Å². The number of rotatable bonds is 14. The quantitative estimate of drug-likeness (QED) is 0.101. The Balaban J connectivity index is 1.17. The van der Waals surface area contributed by atoms with Crippen molar-refractivity contribution in [2.75, 3.05) is 0 Å². The molecule has 9 heteroatoms. The van der Waals surface area contributed by atoms with Crippen LogP contribution in [0, 0.1) is 13.8 Å². The van der Waals surface area contributed by atoms with E-state index < -0.39 is 17.2 Å². The number of benzene rings is 8. The van der Waals surface area contributed by atoms with Gasteiger partial charge in [-0.15, -0.1) is 0 Å². The van der Waals surface area contributed by atoms with Crippen LogP contribution in [-0.4, -0.2) is 0 Å². The van der Waals surface area contributed by atoms with Gasteiger partial charge in [0.05, 0.1) is 9.79 Å². The highest BCUT2D eigenvalue weighted by molar-refractivity contribution is 8.00. The molecule has 0 unspecified atom stereocenters. The summed E-state index contributed by atoms with van der Waals surface area (Å²) in [4.78, 5) is 1.80. The Labute approximate surface area is 409 Å². The molecule has 0 aliphatic carbocycles. The second-order valence-electron chi connectivity index (χ2n) is 18.9. The van der Waals surface area contributed by atoms with Crippen molar-refractivity contribution >= 4 is 50.5 Å². The first kappa shape index (κ1) is 47.4. The first-order valence-electron chi connectivity index (χ1n) is 23.6. The molecule has 1 heterocycles. The minimum Gasteiger partial charge on any atom is -0.408 e. The van der Waals surface area contributed by atoms with E-state index in [1.54, 1.807) is 11.8 Å². The van der Waals surface area contributed by atoms with Crippen molar-refractivity contribution in [1.82, 2.24) is 0 Å². The van der Waals surface area contributed by atoms with Crippen LogP contribution in [0.2, 0.25) is 0 Å². The lowest BCUT2D eigenvalue weighted by Gasteiger charge is -2.25. The lowest BCUT2D eigenvalue weighted by Crippen LogP contribution is -2.08. The zero-order valence-electron chi connectivity index (χ0n) is 40.6. The first-order chi connectivity index (χ1) is 32.8. The molecule has 0 aromatic heterocycles. The summed E-state index contributed by atoms with van der Waals surface area (Å²) >= 11 is 1.61. The summed E-state index contributed by atoms with van der Waals surface area (Å²) < 4.78 is 42.2. The monoisotopic (exact) mass is 958 g/mol. The molecule has 348 valence electrons. The van der Waals surface area contributed by atoms with Gasteiger partial charge >= 0.3 is 17.2 Å². The van der Waals surface area contributed by atoms with Crippen molar-refractivity contribution in [3.05, 3.63) is 190 Å². The standard InChI is InChI=1S/C59H60O6P2S/c1-36(2)46-25-19-40(9)31-54(46)62-66(63-55-32-41(10)20-26-47(55)37(3)4)60-52-29-23-44-15-11-13-17-50(44)58(52)68-59-51-18-14-12-16-45(51)24-30-53(59)61-67-64-56-34-42(21-27-48(56)38(5)6)33-43-22-28-49(39(7)8)57(35-43)65-67/h11-32,34-39H,33H2,1-10H3. The topological polar surface area (TPSA) is 55.4 Å². The van der Waals surface area contributed by atoms with E-state index in [1.807, 2.05) is 12.1 Å². The molecular formula is C59H60O6P2S. The molecule has 0 radical (unpaired) electrons. The summed E-state index contributed by atoms with van der Waals surface area (Å²) in [5, 5.41) is 4.19. The Morgan fingerprint density at radius 2 is 0.882 bits per heavy atom. The molecule has 1 aliphatic heterocycles. The predicted molar refractivity (Wildman–Crippen MR) is 284 cm³/mol. The molecule has 1 aliphatic rings. The summed E-state index contributed by atoms with van der Waals surface area (Å²) in [6, 6.07) is 50.9. The van der Waals surface area contributed by atoms with Gasteiger partial charge in [0.25, 0.3) is 0 Å². The van der Waals surface area contributed by atoms with E-state index in [0.29, 0.717) is 11.5 Å². The Morgan fingerprint density at radius 3 is 1.37 bits per heavy atom. The van der Waals surface area contributed by atoms with Crippen molar-refractivity contribution in [1.29, 1.82) is 0 Å². The highest BCUT2D eigenvalue weighted by Crippen LogP contribution is 2.55. The van der Waals surface area contributed by atoms with Gasteiger partial charge in [0.2, 0.25) is 0 Å². The fourth-order valence-electron chi connectivity index (χ4n) is 8.62. The molecule has 0 spiro atoms.